The third-order valence-electron chi connectivity index (χ3n) is 10.8. The number of nitrogens with one attached hydrogen (secondary N) is 4. The van der Waals surface area contributed by atoms with Gasteiger partial charge in [0.25, 0.3) is 5.91 Å². The summed E-state index contributed by atoms with van der Waals surface area (Å²) >= 11 is 0. The van der Waals surface area contributed by atoms with Gasteiger partial charge in [-0.1, -0.05) is 83.7 Å². The van der Waals surface area contributed by atoms with E-state index in [1.807, 2.05) is 20.8 Å². The number of ketones is 2. The highest BCUT2D eigenvalue weighted by Gasteiger charge is 2.36. The molecule has 13 nitrogen and oxygen atoms in total. The van der Waals surface area contributed by atoms with Crippen LogP contribution in [0, 0.1) is 29.6 Å². The molecule has 6 atom stereocenters. The van der Waals surface area contributed by atoms with E-state index >= 15 is 0 Å². The van der Waals surface area contributed by atoms with Crippen molar-refractivity contribution >= 4 is 41.3 Å². The van der Waals surface area contributed by atoms with Gasteiger partial charge in [-0.2, -0.15) is 0 Å². The molecule has 0 aromatic heterocycles. The quantitative estimate of drug-likeness (QED) is 0.124. The summed E-state index contributed by atoms with van der Waals surface area (Å²) in [6, 6.07) is 6.08. The summed E-state index contributed by atoms with van der Waals surface area (Å²) in [5.41, 5.74) is 0.572. The maximum absolute atomic E-state index is 13.8. The number of Topliss-reactive ketones (excluding diaryl/α,β-unsaturated/α-hetero) is 2. The van der Waals surface area contributed by atoms with Gasteiger partial charge in [0.1, 0.15) is 6.04 Å². The van der Waals surface area contributed by atoms with Crippen molar-refractivity contribution in [2.75, 3.05) is 27.2 Å². The maximum Gasteiger partial charge on any atom is 0.407 e. The number of hydrogen-bond acceptors (Lipinski definition) is 8. The van der Waals surface area contributed by atoms with Crippen LogP contribution in [-0.4, -0.2) is 85.5 Å². The number of carbonyl (C=O) groups excluding carboxylic acids is 7. The SMILES string of the molecule is CCC[C@H](NC(=O)[C@H]1CCC(CC(=O)C(NC(=O)OCC(C)C)C2CCCCC2)[C@@H](C)CC1)C(=O)C(=O)NCC(=O)N[C@H](C(=O)N(C)C)c1ccccc1. The summed E-state index contributed by atoms with van der Waals surface area (Å²) in [6.45, 7) is 7.61. The maximum atomic E-state index is 13.8. The van der Waals surface area contributed by atoms with Crippen molar-refractivity contribution in [2.45, 2.75) is 123 Å². The lowest BCUT2D eigenvalue weighted by atomic mass is 9.78. The minimum absolute atomic E-state index is 0.0105. The molecule has 0 aliphatic heterocycles. The molecule has 0 heterocycles. The second-order valence-electron chi connectivity index (χ2n) is 15.8. The lowest BCUT2D eigenvalue weighted by molar-refractivity contribution is -0.141. The van der Waals surface area contributed by atoms with E-state index in [2.05, 4.69) is 28.2 Å². The molecule has 0 saturated heterocycles. The summed E-state index contributed by atoms with van der Waals surface area (Å²) in [6.07, 6.45) is 7.95. The molecular weight excluding hydrogens is 690 g/mol. The van der Waals surface area contributed by atoms with Crippen molar-refractivity contribution in [2.24, 2.45) is 29.6 Å². The fourth-order valence-electron chi connectivity index (χ4n) is 7.49. The van der Waals surface area contributed by atoms with Crippen LogP contribution in [0.3, 0.4) is 0 Å². The van der Waals surface area contributed by atoms with Crippen LogP contribution < -0.4 is 21.3 Å². The van der Waals surface area contributed by atoms with E-state index in [9.17, 15) is 33.6 Å². The van der Waals surface area contributed by atoms with Gasteiger partial charge < -0.3 is 30.9 Å². The Morgan fingerprint density at radius 1 is 0.852 bits per heavy atom. The minimum Gasteiger partial charge on any atom is -0.449 e. The summed E-state index contributed by atoms with van der Waals surface area (Å²) in [7, 11) is 3.15. The molecule has 0 spiro atoms. The van der Waals surface area contributed by atoms with Crippen molar-refractivity contribution in [3.05, 3.63) is 35.9 Å². The molecule has 2 saturated carbocycles. The van der Waals surface area contributed by atoms with Gasteiger partial charge in [-0.15, -0.1) is 0 Å². The molecule has 4 N–H and O–H groups in total. The lowest BCUT2D eigenvalue weighted by Crippen LogP contribution is -2.50. The average Bonchev–Trinajstić information content (AvgIpc) is 3.34. The molecule has 54 heavy (non-hydrogen) atoms. The average molecular weight is 754 g/mol. The minimum atomic E-state index is -1.06. The fraction of sp³-hybridized carbons (Fsp3) is 0.683. The zero-order valence-electron chi connectivity index (χ0n) is 33.1. The van der Waals surface area contributed by atoms with Crippen LogP contribution in [0.5, 0.6) is 0 Å². The zero-order chi connectivity index (χ0) is 39.8. The van der Waals surface area contributed by atoms with E-state index in [1.165, 1.54) is 4.90 Å². The third-order valence-corrected chi connectivity index (χ3v) is 10.8. The van der Waals surface area contributed by atoms with Crippen molar-refractivity contribution in [1.29, 1.82) is 0 Å². The van der Waals surface area contributed by atoms with Gasteiger partial charge in [-0.25, -0.2) is 4.79 Å². The Bertz CT molecular complexity index is 1430. The van der Waals surface area contributed by atoms with E-state index in [-0.39, 0.29) is 54.3 Å². The normalized spacial score (nSPS) is 20.7. The molecule has 2 aliphatic rings. The first-order valence-corrected chi connectivity index (χ1v) is 19.9. The first kappa shape index (κ1) is 44.1. The number of likely N-dealkylation sites (N-methyl/N-ethyl adjacent to an activating group) is 1. The summed E-state index contributed by atoms with van der Waals surface area (Å²) in [5, 5.41) is 10.7. The van der Waals surface area contributed by atoms with E-state index < -0.39 is 54.3 Å². The van der Waals surface area contributed by atoms with Gasteiger partial charge >= 0.3 is 6.09 Å². The molecule has 0 bridgehead atoms. The molecule has 1 aromatic carbocycles. The third kappa shape index (κ3) is 13.8. The van der Waals surface area contributed by atoms with E-state index in [4.69, 9.17) is 4.74 Å². The van der Waals surface area contributed by atoms with E-state index in [0.29, 0.717) is 37.7 Å². The second kappa shape index (κ2) is 22.2. The van der Waals surface area contributed by atoms with Gasteiger partial charge in [0.15, 0.2) is 5.78 Å². The number of amides is 5. The standard InChI is InChI=1S/C41H63N5O8/c1-7-14-32(37(49)39(51)42-24-34(48)44-36(40(52)46(5)6)29-17-12-9-13-18-29)43-38(50)30-20-19-27(4)31(22-21-30)23-33(47)35(28-15-10-8-11-16-28)45-41(53)54-25-26(2)3/h9,12-13,17-18,26-28,30-32,35-36H,7-8,10-11,14-16,19-25H2,1-6H3,(H,42,51)(H,43,50)(H,44,48)(H,45,53)/t27-,30+,31?,32-,35?,36-/m0/s1. The number of hydrogen-bond donors (Lipinski definition) is 4. The predicted molar refractivity (Wildman–Crippen MR) is 205 cm³/mol. The monoisotopic (exact) mass is 753 g/mol. The van der Waals surface area contributed by atoms with Gasteiger partial charge in [0, 0.05) is 26.4 Å². The highest BCUT2D eigenvalue weighted by molar-refractivity contribution is 6.38. The van der Waals surface area contributed by atoms with Gasteiger partial charge in [0.05, 0.1) is 25.2 Å². The Morgan fingerprint density at radius 2 is 1.52 bits per heavy atom. The summed E-state index contributed by atoms with van der Waals surface area (Å²) in [5.74, 6) is -3.07. The lowest BCUT2D eigenvalue weighted by Gasteiger charge is -2.31. The van der Waals surface area contributed by atoms with Crippen molar-refractivity contribution in [1.82, 2.24) is 26.2 Å². The van der Waals surface area contributed by atoms with Crippen LogP contribution in [-0.2, 0) is 33.5 Å². The van der Waals surface area contributed by atoms with Crippen molar-refractivity contribution in [3.8, 4) is 0 Å². The largest absolute Gasteiger partial charge is 0.449 e. The Morgan fingerprint density at radius 3 is 2.15 bits per heavy atom. The molecular formula is C41H63N5O8. The molecule has 2 unspecified atom stereocenters. The Balaban J connectivity index is 1.57. The van der Waals surface area contributed by atoms with Crippen LogP contribution in [0.4, 0.5) is 4.79 Å². The summed E-state index contributed by atoms with van der Waals surface area (Å²) in [4.78, 5) is 93.1. The van der Waals surface area contributed by atoms with E-state index in [0.717, 1.165) is 38.5 Å². The number of nitrogens with zero attached hydrogens (tertiary/aromatic N) is 1. The highest BCUT2D eigenvalue weighted by Crippen LogP contribution is 2.36. The zero-order valence-corrected chi connectivity index (χ0v) is 33.1. The number of benzene rings is 1. The van der Waals surface area contributed by atoms with Gasteiger partial charge in [-0.3, -0.25) is 28.8 Å². The molecule has 3 rings (SSSR count). The van der Waals surface area contributed by atoms with Crippen LogP contribution in [0.2, 0.25) is 0 Å². The molecule has 0 radical (unpaired) electrons. The molecule has 300 valence electrons. The molecule has 5 amide bonds. The van der Waals surface area contributed by atoms with Gasteiger partial charge in [0.2, 0.25) is 23.5 Å². The Hall–Kier alpha value is -4.29. The number of ether oxygens (including phenoxy) is 1. The van der Waals surface area contributed by atoms with Crippen molar-refractivity contribution < 1.29 is 38.3 Å². The fourth-order valence-corrected chi connectivity index (χ4v) is 7.49. The Kier molecular flexibility index (Phi) is 18.1. The number of alkyl carbamates (subject to hydrolysis) is 1. The van der Waals surface area contributed by atoms with Gasteiger partial charge in [-0.05, 0) is 74.2 Å². The van der Waals surface area contributed by atoms with E-state index in [1.54, 1.807) is 44.4 Å². The molecule has 13 heteroatoms. The summed E-state index contributed by atoms with van der Waals surface area (Å²) < 4.78 is 5.37. The predicted octanol–water partition coefficient (Wildman–Crippen LogP) is 4.64. The topological polar surface area (TPSA) is 180 Å². The Labute approximate surface area is 320 Å². The number of carbonyl (C=O) groups is 7. The molecule has 1 aromatic rings. The highest BCUT2D eigenvalue weighted by atomic mass is 16.5. The first-order valence-electron chi connectivity index (χ1n) is 19.9. The smallest absolute Gasteiger partial charge is 0.407 e. The number of rotatable bonds is 18. The van der Waals surface area contributed by atoms with Crippen LogP contribution in [0.25, 0.3) is 0 Å². The molecule has 2 fully saturated rings. The second-order valence-corrected chi connectivity index (χ2v) is 15.8. The van der Waals surface area contributed by atoms with Crippen LogP contribution >= 0.6 is 0 Å². The first-order chi connectivity index (χ1) is 25.7. The van der Waals surface area contributed by atoms with Crippen molar-refractivity contribution in [3.63, 3.8) is 0 Å². The van der Waals surface area contributed by atoms with Crippen LogP contribution in [0.15, 0.2) is 30.3 Å². The van der Waals surface area contributed by atoms with Crippen LogP contribution in [0.1, 0.15) is 116 Å². The molecule has 2 aliphatic carbocycles.